The van der Waals surface area contributed by atoms with Crippen molar-refractivity contribution in [3.63, 3.8) is 0 Å². The van der Waals surface area contributed by atoms with E-state index in [1.54, 1.807) is 0 Å². The Kier molecular flexibility index (Phi) is 4.77. The van der Waals surface area contributed by atoms with Crippen molar-refractivity contribution >= 4 is 0 Å². The largest absolute Gasteiger partial charge is 0.393 e. The number of methoxy groups -OCH3 is 1. The average Bonchev–Trinajstić information content (AvgIpc) is 2.92. The fraction of sp³-hybridized carbons (Fsp3) is 1.00. The Balaban J connectivity index is 1.64. The second-order valence-corrected chi connectivity index (χ2v) is 11.0. The molecule has 4 fully saturated rings. The summed E-state index contributed by atoms with van der Waals surface area (Å²) in [4.78, 5) is 0. The molecule has 0 bridgehead atoms. The van der Waals surface area contributed by atoms with E-state index in [1.165, 1.54) is 38.5 Å². The molecule has 4 aliphatic rings. The summed E-state index contributed by atoms with van der Waals surface area (Å²) in [6.45, 7) is 7.41. The molecule has 3 heteroatoms. The highest BCUT2D eigenvalue weighted by atomic mass is 16.5. The number of aliphatic hydroxyl groups excluding tert-OH is 1. The van der Waals surface area contributed by atoms with Gasteiger partial charge >= 0.3 is 0 Å². The van der Waals surface area contributed by atoms with E-state index in [0.717, 1.165) is 43.6 Å². The first-order valence-corrected chi connectivity index (χ1v) is 11.1. The smallest absolute Gasteiger partial charge is 0.0622 e. The van der Waals surface area contributed by atoms with Gasteiger partial charge in [0.1, 0.15) is 0 Å². The van der Waals surface area contributed by atoms with Gasteiger partial charge in [0.2, 0.25) is 0 Å². The predicted molar refractivity (Wildman–Crippen MR) is 104 cm³/mol. The summed E-state index contributed by atoms with van der Waals surface area (Å²) in [6.07, 6.45) is 10.5. The molecule has 0 heterocycles. The summed E-state index contributed by atoms with van der Waals surface area (Å²) in [7, 11) is 1.87. The zero-order valence-corrected chi connectivity index (χ0v) is 17.3. The van der Waals surface area contributed by atoms with Crippen molar-refractivity contribution in [3.05, 3.63) is 0 Å². The lowest BCUT2D eigenvalue weighted by atomic mass is 9.43. The maximum atomic E-state index is 10.7. The molecule has 0 aromatic carbocycles. The molecule has 0 saturated heterocycles. The molecule has 0 amide bonds. The lowest BCUT2D eigenvalue weighted by Crippen LogP contribution is -2.58. The third-order valence-electron chi connectivity index (χ3n) is 9.72. The van der Waals surface area contributed by atoms with E-state index in [-0.39, 0.29) is 11.5 Å². The van der Waals surface area contributed by atoms with E-state index in [1.807, 2.05) is 21.0 Å². The second-order valence-electron chi connectivity index (χ2n) is 11.0. The Hall–Kier alpha value is -0.120. The van der Waals surface area contributed by atoms with E-state index < -0.39 is 5.60 Å². The van der Waals surface area contributed by atoms with Crippen molar-refractivity contribution in [2.75, 3.05) is 13.7 Å². The van der Waals surface area contributed by atoms with Gasteiger partial charge < -0.3 is 14.9 Å². The Bertz CT molecular complexity index is 530. The van der Waals surface area contributed by atoms with Crippen LogP contribution in [0.3, 0.4) is 0 Å². The van der Waals surface area contributed by atoms with E-state index >= 15 is 0 Å². The molecule has 4 saturated carbocycles. The number of fused-ring (bicyclic) bond motifs is 5. The standard InChI is InChI=1S/C23H40O3/c1-15(24)18-7-8-19-17-6-5-16-13-21(2,25)11-12-23(16,14-26-4)20(17)9-10-22(18,19)3/h15-20,24-25H,5-14H2,1-4H3/t15?,16-,17+,18-,19+,20+,21?,22-,23-/m1/s1. The minimum atomic E-state index is -0.483. The Morgan fingerprint density at radius 3 is 2.46 bits per heavy atom. The molecule has 0 spiro atoms. The van der Waals surface area contributed by atoms with Crippen LogP contribution >= 0.6 is 0 Å². The molecular weight excluding hydrogens is 324 g/mol. The van der Waals surface area contributed by atoms with Gasteiger partial charge in [0, 0.05) is 7.11 Å². The summed E-state index contributed by atoms with van der Waals surface area (Å²) >= 11 is 0. The topological polar surface area (TPSA) is 49.7 Å². The Morgan fingerprint density at radius 2 is 1.77 bits per heavy atom. The number of rotatable bonds is 3. The van der Waals surface area contributed by atoms with Crippen LogP contribution in [0.2, 0.25) is 0 Å². The molecule has 2 unspecified atom stereocenters. The summed E-state index contributed by atoms with van der Waals surface area (Å²) in [5.41, 5.74) is 0.128. The van der Waals surface area contributed by atoms with Gasteiger partial charge in [-0.05, 0) is 112 Å². The van der Waals surface area contributed by atoms with Gasteiger partial charge in [0.25, 0.3) is 0 Å². The van der Waals surface area contributed by atoms with Gasteiger partial charge in [0.15, 0.2) is 0 Å². The zero-order valence-electron chi connectivity index (χ0n) is 17.3. The van der Waals surface area contributed by atoms with Crippen LogP contribution in [-0.4, -0.2) is 35.6 Å². The third kappa shape index (κ3) is 2.71. The maximum Gasteiger partial charge on any atom is 0.0622 e. The van der Waals surface area contributed by atoms with Crippen LogP contribution < -0.4 is 0 Å². The van der Waals surface area contributed by atoms with Crippen LogP contribution in [-0.2, 0) is 4.74 Å². The summed E-state index contributed by atoms with van der Waals surface area (Å²) in [5, 5.41) is 21.1. The van der Waals surface area contributed by atoms with Crippen molar-refractivity contribution < 1.29 is 14.9 Å². The minimum absolute atomic E-state index is 0.171. The molecule has 2 N–H and O–H groups in total. The first-order chi connectivity index (χ1) is 12.2. The monoisotopic (exact) mass is 364 g/mol. The molecule has 4 rings (SSSR count). The van der Waals surface area contributed by atoms with Crippen molar-refractivity contribution in [2.24, 2.45) is 40.4 Å². The highest BCUT2D eigenvalue weighted by Gasteiger charge is 2.62. The normalized spacial score (nSPS) is 54.9. The average molecular weight is 365 g/mol. The number of hydrogen-bond donors (Lipinski definition) is 2. The molecule has 0 aromatic rings. The van der Waals surface area contributed by atoms with Crippen molar-refractivity contribution in [3.8, 4) is 0 Å². The fourth-order valence-corrected chi connectivity index (χ4v) is 8.62. The van der Waals surface area contributed by atoms with E-state index in [9.17, 15) is 10.2 Å². The van der Waals surface area contributed by atoms with Crippen molar-refractivity contribution in [2.45, 2.75) is 90.3 Å². The zero-order chi connectivity index (χ0) is 18.7. The van der Waals surface area contributed by atoms with Crippen LogP contribution in [0.1, 0.15) is 78.6 Å². The maximum absolute atomic E-state index is 10.7. The molecule has 3 nitrogen and oxygen atoms in total. The number of ether oxygens (including phenoxy) is 1. The van der Waals surface area contributed by atoms with Crippen LogP contribution in [0.4, 0.5) is 0 Å². The van der Waals surface area contributed by atoms with Crippen molar-refractivity contribution in [1.29, 1.82) is 0 Å². The van der Waals surface area contributed by atoms with E-state index in [4.69, 9.17) is 4.74 Å². The molecule has 26 heavy (non-hydrogen) atoms. The highest BCUT2D eigenvalue weighted by Crippen LogP contribution is 2.68. The van der Waals surface area contributed by atoms with E-state index in [0.29, 0.717) is 17.3 Å². The molecule has 150 valence electrons. The molecule has 0 radical (unpaired) electrons. The van der Waals surface area contributed by atoms with Crippen LogP contribution in [0.5, 0.6) is 0 Å². The Morgan fingerprint density at radius 1 is 1.00 bits per heavy atom. The number of hydrogen-bond acceptors (Lipinski definition) is 3. The predicted octanol–water partition coefficient (Wildman–Crippen LogP) is 4.40. The first kappa shape index (κ1) is 19.2. The molecular formula is C23H40O3. The van der Waals surface area contributed by atoms with Gasteiger partial charge in [-0.25, -0.2) is 0 Å². The van der Waals surface area contributed by atoms with Crippen LogP contribution in [0, 0.1) is 40.4 Å². The molecule has 4 aliphatic carbocycles. The van der Waals surface area contributed by atoms with Gasteiger partial charge in [-0.2, -0.15) is 0 Å². The lowest BCUT2D eigenvalue weighted by molar-refractivity contribution is -0.176. The highest BCUT2D eigenvalue weighted by molar-refractivity contribution is 5.11. The van der Waals surface area contributed by atoms with Gasteiger partial charge in [-0.3, -0.25) is 0 Å². The fourth-order valence-electron chi connectivity index (χ4n) is 8.62. The summed E-state index contributed by atoms with van der Waals surface area (Å²) in [5.74, 6) is 3.43. The van der Waals surface area contributed by atoms with Gasteiger partial charge in [-0.15, -0.1) is 0 Å². The second kappa shape index (κ2) is 6.46. The summed E-state index contributed by atoms with van der Waals surface area (Å²) < 4.78 is 5.83. The molecule has 0 aliphatic heterocycles. The molecule has 9 atom stereocenters. The van der Waals surface area contributed by atoms with E-state index in [2.05, 4.69) is 6.92 Å². The van der Waals surface area contributed by atoms with Crippen molar-refractivity contribution in [1.82, 2.24) is 0 Å². The van der Waals surface area contributed by atoms with Crippen LogP contribution in [0.15, 0.2) is 0 Å². The quantitative estimate of drug-likeness (QED) is 0.780. The molecule has 0 aromatic heterocycles. The number of aliphatic hydroxyl groups is 2. The Labute approximate surface area is 159 Å². The van der Waals surface area contributed by atoms with Gasteiger partial charge in [0.05, 0.1) is 18.3 Å². The SMILES string of the molecule is COC[C@]12CCC(C)(O)C[C@H]1CC[C@H]1[C@@H]3CC[C@H](C(C)O)[C@@]3(C)CC[C@@H]12. The first-order valence-electron chi connectivity index (χ1n) is 11.1. The van der Waals surface area contributed by atoms with Crippen LogP contribution in [0.25, 0.3) is 0 Å². The summed E-state index contributed by atoms with van der Waals surface area (Å²) in [6, 6.07) is 0. The van der Waals surface area contributed by atoms with Gasteiger partial charge in [-0.1, -0.05) is 6.92 Å². The third-order valence-corrected chi connectivity index (χ3v) is 9.72. The minimum Gasteiger partial charge on any atom is -0.393 e. The lowest BCUT2D eigenvalue weighted by Gasteiger charge is -2.62.